The molecule has 0 saturated heterocycles. The Morgan fingerprint density at radius 3 is 2.78 bits per heavy atom. The predicted octanol–water partition coefficient (Wildman–Crippen LogP) is -0.693. The molecule has 0 heterocycles. The van der Waals surface area contributed by atoms with Gasteiger partial charge in [-0.3, -0.25) is 9.63 Å². The highest BCUT2D eigenvalue weighted by atomic mass is 16.7. The minimum absolute atomic E-state index is 0.514. The molecule has 9 heavy (non-hydrogen) atoms. The minimum atomic E-state index is -0.514. The van der Waals surface area contributed by atoms with Crippen LogP contribution in [-0.4, -0.2) is 36.1 Å². The van der Waals surface area contributed by atoms with E-state index in [0.29, 0.717) is 0 Å². The molecule has 50 valence electrons. The quantitative estimate of drug-likeness (QED) is 0.214. The maximum atomic E-state index is 10.5. The number of hydrogen-bond donors (Lipinski definition) is 0. The predicted molar refractivity (Wildman–Crippen MR) is 29.5 cm³/mol. The number of carbonyl (C=O) groups excluding carboxylic acids is 1. The van der Waals surface area contributed by atoms with Gasteiger partial charge in [-0.2, -0.15) is 4.79 Å². The van der Waals surface area contributed by atoms with Crippen LogP contribution in [-0.2, 0) is 9.63 Å². The van der Waals surface area contributed by atoms with Crippen LogP contribution in [0.15, 0.2) is 0 Å². The molecule has 0 bridgehead atoms. The van der Waals surface area contributed by atoms with E-state index in [0.717, 1.165) is 11.3 Å². The van der Waals surface area contributed by atoms with Gasteiger partial charge in [0.05, 0.1) is 7.11 Å². The van der Waals surface area contributed by atoms with Crippen molar-refractivity contribution >= 4 is 12.1 Å². The Morgan fingerprint density at radius 2 is 2.44 bits per heavy atom. The van der Waals surface area contributed by atoms with E-state index in [1.54, 1.807) is 0 Å². The molecule has 0 saturated carbocycles. The van der Waals surface area contributed by atoms with Crippen LogP contribution in [0.3, 0.4) is 0 Å². The highest BCUT2D eigenvalue weighted by Crippen LogP contribution is 1.77. The van der Waals surface area contributed by atoms with E-state index in [-0.39, 0.29) is 0 Å². The van der Waals surface area contributed by atoms with E-state index in [1.807, 2.05) is 0 Å². The molecule has 5 nitrogen and oxygen atoms in total. The lowest BCUT2D eigenvalue weighted by atomic mass is 10.7. The fourth-order valence-corrected chi connectivity index (χ4v) is 0.221. The molecule has 0 aromatic carbocycles. The van der Waals surface area contributed by atoms with Crippen LogP contribution >= 0.6 is 0 Å². The third-order valence-electron chi connectivity index (χ3n) is 0.752. The molecule has 0 aromatic rings. The van der Waals surface area contributed by atoms with E-state index < -0.39 is 5.91 Å². The van der Waals surface area contributed by atoms with Crippen LogP contribution in [0, 0.1) is 0 Å². The molecular weight excluding hydrogens is 122 g/mol. The number of carbonyl (C=O) groups is 1. The summed E-state index contributed by atoms with van der Waals surface area (Å²) < 4.78 is 0. The number of rotatable bonds is 2. The van der Waals surface area contributed by atoms with Gasteiger partial charge in [0.15, 0.2) is 0 Å². The molecule has 0 rings (SSSR count). The molecule has 0 aliphatic carbocycles. The summed E-state index contributed by atoms with van der Waals surface area (Å²) in [5.41, 5.74) is 7.85. The second-order valence-electron chi connectivity index (χ2n) is 1.26. The lowest BCUT2D eigenvalue weighted by molar-refractivity contribution is -0.163. The van der Waals surface area contributed by atoms with Crippen LogP contribution in [0.5, 0.6) is 0 Å². The lowest BCUT2D eigenvalue weighted by Gasteiger charge is -2.06. The monoisotopic (exact) mass is 129 g/mol. The fraction of sp³-hybridized carbons (Fsp3) is 0.500. The molecule has 0 N–H and O–H groups in total. The van der Waals surface area contributed by atoms with Gasteiger partial charge in [0, 0.05) is 7.05 Å². The van der Waals surface area contributed by atoms with Crippen molar-refractivity contribution in [3.8, 4) is 0 Å². The van der Waals surface area contributed by atoms with Crippen molar-refractivity contribution in [3.05, 3.63) is 5.53 Å². The number of nitrogens with zero attached hydrogens (tertiary/aromatic N) is 3. The van der Waals surface area contributed by atoms with Crippen molar-refractivity contribution in [1.29, 1.82) is 0 Å². The molecule has 0 fully saturated rings. The summed E-state index contributed by atoms with van der Waals surface area (Å²) in [7, 11) is 2.74. The number of amides is 1. The van der Waals surface area contributed by atoms with Crippen LogP contribution in [0.1, 0.15) is 0 Å². The summed E-state index contributed by atoms with van der Waals surface area (Å²) >= 11 is 0. The first-order chi connectivity index (χ1) is 4.22. The Hall–Kier alpha value is -1.19. The van der Waals surface area contributed by atoms with Gasteiger partial charge in [0.25, 0.3) is 0 Å². The van der Waals surface area contributed by atoms with Crippen molar-refractivity contribution in [2.24, 2.45) is 0 Å². The molecular formula is C4H7N3O2. The molecule has 0 radical (unpaired) electrons. The van der Waals surface area contributed by atoms with Crippen molar-refractivity contribution in [2.45, 2.75) is 0 Å². The molecule has 5 heteroatoms. The molecule has 0 spiro atoms. The van der Waals surface area contributed by atoms with Gasteiger partial charge in [0.1, 0.15) is 0 Å². The van der Waals surface area contributed by atoms with Crippen LogP contribution < -0.4 is 0 Å². The Bertz CT molecular complexity index is 150. The Labute approximate surface area is 52.4 Å². The third-order valence-corrected chi connectivity index (χ3v) is 0.752. The van der Waals surface area contributed by atoms with Gasteiger partial charge in [-0.05, 0) is 0 Å². The maximum absolute atomic E-state index is 10.5. The minimum Gasteiger partial charge on any atom is -0.361 e. The van der Waals surface area contributed by atoms with Gasteiger partial charge in [-0.15, -0.1) is 0 Å². The smallest absolute Gasteiger partial charge is 0.351 e. The summed E-state index contributed by atoms with van der Waals surface area (Å²) in [5.74, 6) is -0.514. The van der Waals surface area contributed by atoms with Crippen molar-refractivity contribution in [1.82, 2.24) is 5.06 Å². The van der Waals surface area contributed by atoms with Gasteiger partial charge < -0.3 is 5.53 Å². The fourth-order valence-electron chi connectivity index (χ4n) is 0.221. The largest absolute Gasteiger partial charge is 0.361 e. The van der Waals surface area contributed by atoms with E-state index in [9.17, 15) is 4.79 Å². The first-order valence-corrected chi connectivity index (χ1v) is 2.21. The van der Waals surface area contributed by atoms with Crippen LogP contribution in [0.25, 0.3) is 5.53 Å². The molecule has 0 atom stereocenters. The molecule has 0 aliphatic heterocycles. The van der Waals surface area contributed by atoms with E-state index in [1.165, 1.54) is 14.2 Å². The standard InChI is InChI=1S/C4H7N3O2/c1-7(9-2)4(8)3-6-5/h3H,1-2H3. The zero-order valence-electron chi connectivity index (χ0n) is 5.24. The Morgan fingerprint density at radius 1 is 1.89 bits per heavy atom. The summed E-state index contributed by atoms with van der Waals surface area (Å²) in [4.78, 5) is 17.4. The normalized spacial score (nSPS) is 7.78. The van der Waals surface area contributed by atoms with Crippen LogP contribution in [0.4, 0.5) is 0 Å². The second kappa shape index (κ2) is 3.77. The van der Waals surface area contributed by atoms with Gasteiger partial charge in [0.2, 0.25) is 0 Å². The molecule has 0 unspecified atom stereocenters. The zero-order chi connectivity index (χ0) is 7.28. The summed E-state index contributed by atoms with van der Waals surface area (Å²) in [6.07, 6.45) is 0.740. The third kappa shape index (κ3) is 2.58. The first kappa shape index (κ1) is 7.81. The van der Waals surface area contributed by atoms with Gasteiger partial charge in [-0.25, -0.2) is 5.06 Å². The number of hydroxylamine groups is 2. The Balaban J connectivity index is 3.87. The maximum Gasteiger partial charge on any atom is 0.351 e. The van der Waals surface area contributed by atoms with Gasteiger partial charge >= 0.3 is 12.1 Å². The highest BCUT2D eigenvalue weighted by Gasteiger charge is 2.06. The van der Waals surface area contributed by atoms with Crippen molar-refractivity contribution in [2.75, 3.05) is 14.2 Å². The lowest BCUT2D eigenvalue weighted by Crippen LogP contribution is -2.26. The topological polar surface area (TPSA) is 65.9 Å². The average Bonchev–Trinajstić information content (AvgIpc) is 1.87. The zero-order valence-corrected chi connectivity index (χ0v) is 5.24. The van der Waals surface area contributed by atoms with E-state index >= 15 is 0 Å². The van der Waals surface area contributed by atoms with E-state index in [2.05, 4.69) is 9.63 Å². The second-order valence-corrected chi connectivity index (χ2v) is 1.26. The van der Waals surface area contributed by atoms with E-state index in [4.69, 9.17) is 5.53 Å². The van der Waals surface area contributed by atoms with Crippen molar-refractivity contribution in [3.63, 3.8) is 0 Å². The summed E-state index contributed by atoms with van der Waals surface area (Å²) in [6, 6.07) is 0. The summed E-state index contributed by atoms with van der Waals surface area (Å²) in [5, 5.41) is 0.930. The molecule has 1 amide bonds. The molecule has 0 aliphatic rings. The van der Waals surface area contributed by atoms with Crippen molar-refractivity contribution < 1.29 is 14.4 Å². The number of hydrogen-bond acceptors (Lipinski definition) is 2. The molecule has 0 aromatic heterocycles. The first-order valence-electron chi connectivity index (χ1n) is 2.21. The average molecular weight is 129 g/mol. The highest BCUT2D eigenvalue weighted by molar-refractivity contribution is 6.23. The SMILES string of the molecule is CON(C)C(=O)C=[N+]=[N-]. The van der Waals surface area contributed by atoms with Gasteiger partial charge in [-0.1, -0.05) is 0 Å². The summed E-state index contributed by atoms with van der Waals surface area (Å²) in [6.45, 7) is 0. The Kier molecular flexibility index (Phi) is 3.27. The van der Waals surface area contributed by atoms with Crippen LogP contribution in [0.2, 0.25) is 0 Å².